The zero-order valence-corrected chi connectivity index (χ0v) is 75.3. The first-order valence-corrected chi connectivity index (χ1v) is 44.2. The van der Waals surface area contributed by atoms with E-state index in [4.69, 9.17) is 56.8 Å². The van der Waals surface area contributed by atoms with Crippen molar-refractivity contribution in [1.82, 2.24) is 10.6 Å². The molecule has 2 aliphatic heterocycles. The van der Waals surface area contributed by atoms with E-state index in [0.717, 1.165) is 27.7 Å². The second kappa shape index (κ2) is 37.6. The number of aliphatic hydroxyl groups is 6. The molecule has 8 aliphatic rings. The summed E-state index contributed by atoms with van der Waals surface area (Å²) >= 11 is 0. The van der Waals surface area contributed by atoms with Gasteiger partial charge in [0.15, 0.2) is 35.6 Å². The largest absolute Gasteiger partial charge is 0.462 e. The van der Waals surface area contributed by atoms with Crippen LogP contribution in [0.15, 0.2) is 204 Å². The monoisotopic (exact) mass is 1820 g/mol. The van der Waals surface area contributed by atoms with Crippen LogP contribution in [-0.2, 0) is 95.2 Å². The van der Waals surface area contributed by atoms with Crippen molar-refractivity contribution in [3.05, 3.63) is 238 Å². The second-order valence-electron chi connectivity index (χ2n) is 37.2. The molecule has 2 unspecified atom stereocenters. The Morgan fingerprint density at radius 1 is 0.409 bits per heavy atom. The van der Waals surface area contributed by atoms with Crippen LogP contribution in [0.2, 0.25) is 0 Å². The normalized spacial score (nSPS) is 31.8. The molecule has 6 aromatic carbocycles. The summed E-state index contributed by atoms with van der Waals surface area (Å²) in [6.07, 6.45) is -29.1. The van der Waals surface area contributed by atoms with Gasteiger partial charge < -0.3 is 98.1 Å². The van der Waals surface area contributed by atoms with Gasteiger partial charge in [-0.3, -0.25) is 38.4 Å². The number of hydrogen-bond acceptors (Lipinski definition) is 30. The molecule has 4 saturated carbocycles. The molecule has 0 aromatic heterocycles. The minimum absolute atomic E-state index is 0.0465. The number of benzene rings is 6. The van der Waals surface area contributed by atoms with Crippen LogP contribution >= 0.6 is 0 Å². The van der Waals surface area contributed by atoms with Gasteiger partial charge in [-0.15, -0.1) is 0 Å². The van der Waals surface area contributed by atoms with Gasteiger partial charge in [0.25, 0.3) is 11.8 Å². The molecule has 14 rings (SSSR count). The fraction of sp³-hybridized carbons (Fsp3) is 0.480. The molecule has 0 radical (unpaired) electrons. The van der Waals surface area contributed by atoms with E-state index >= 15 is 19.2 Å². The lowest BCUT2D eigenvalue weighted by Crippen LogP contribution is -2.82. The summed E-state index contributed by atoms with van der Waals surface area (Å²) in [5.74, 6) is -15.3. The van der Waals surface area contributed by atoms with E-state index in [1.165, 1.54) is 104 Å². The molecule has 32 heteroatoms. The van der Waals surface area contributed by atoms with Crippen molar-refractivity contribution in [2.24, 2.45) is 33.5 Å². The zero-order valence-electron chi connectivity index (χ0n) is 75.3. The van der Waals surface area contributed by atoms with E-state index in [2.05, 4.69) is 10.6 Å². The fourth-order valence-electron chi connectivity index (χ4n) is 22.1. The first kappa shape index (κ1) is 96.2. The summed E-state index contributed by atoms with van der Waals surface area (Å²) in [5.41, 5.74) is -16.5. The number of unbranched alkanes of at least 4 members (excludes halogenated alkanes) is 1. The molecule has 2 amide bonds. The van der Waals surface area contributed by atoms with Crippen molar-refractivity contribution in [2.75, 3.05) is 13.2 Å². The third-order valence-corrected chi connectivity index (χ3v) is 28.9. The average molecular weight is 1820 g/mol. The number of hydrogen-bond donors (Lipinski definition) is 8. The lowest BCUT2D eigenvalue weighted by atomic mass is 9.44. The topological polar surface area (TPSA) is 461 Å². The third kappa shape index (κ3) is 17.4. The highest BCUT2D eigenvalue weighted by molar-refractivity contribution is 5.96. The molecule has 6 aromatic rings. The van der Waals surface area contributed by atoms with Crippen molar-refractivity contribution in [3.63, 3.8) is 0 Å². The van der Waals surface area contributed by atoms with Gasteiger partial charge in [0.05, 0.1) is 48.3 Å². The van der Waals surface area contributed by atoms with Crippen LogP contribution in [0.3, 0.4) is 0 Å². The highest BCUT2D eigenvalue weighted by Gasteiger charge is 2.81. The van der Waals surface area contributed by atoms with Crippen LogP contribution in [0.5, 0.6) is 0 Å². The average Bonchev–Trinajstić information content (AvgIpc) is 0.669. The van der Waals surface area contributed by atoms with Gasteiger partial charge in [0.1, 0.15) is 72.2 Å². The van der Waals surface area contributed by atoms with Crippen molar-refractivity contribution >= 4 is 71.5 Å². The molecular formula is C100H112N2O30. The van der Waals surface area contributed by atoms with Crippen LogP contribution in [0.4, 0.5) is 0 Å². The van der Waals surface area contributed by atoms with Gasteiger partial charge in [-0.25, -0.2) is 19.2 Å². The molecule has 8 N–H and O–H groups in total. The number of amides is 2. The van der Waals surface area contributed by atoms with Crippen LogP contribution in [-0.4, -0.2) is 223 Å². The predicted molar refractivity (Wildman–Crippen MR) is 464 cm³/mol. The number of carbonyl (C=O) groups excluding carboxylic acids is 12. The van der Waals surface area contributed by atoms with E-state index in [0.29, 0.717) is 0 Å². The maximum absolute atomic E-state index is 15.2. The summed E-state index contributed by atoms with van der Waals surface area (Å²) < 4.78 is 77.1. The molecule has 6 fully saturated rings. The predicted octanol–water partition coefficient (Wildman–Crippen LogP) is 8.73. The van der Waals surface area contributed by atoms with Crippen molar-refractivity contribution < 1.29 is 145 Å². The smallest absolute Gasteiger partial charge is 0.338 e. The molecule has 702 valence electrons. The number of aliphatic hydroxyl groups excluding tert-OH is 4. The number of ether oxygens (including phenoxy) is 12. The Kier molecular flexibility index (Phi) is 27.4. The molecule has 0 spiro atoms. The first-order chi connectivity index (χ1) is 62.5. The zero-order chi connectivity index (χ0) is 95.3. The Labute approximate surface area is 762 Å². The highest BCUT2D eigenvalue weighted by Crippen LogP contribution is 2.69. The maximum Gasteiger partial charge on any atom is 0.338 e. The minimum Gasteiger partial charge on any atom is -0.462 e. The van der Waals surface area contributed by atoms with Crippen molar-refractivity contribution in [1.29, 1.82) is 0 Å². The van der Waals surface area contributed by atoms with E-state index in [-0.39, 0.29) is 81.4 Å². The molecule has 4 bridgehead atoms. The van der Waals surface area contributed by atoms with Crippen molar-refractivity contribution in [2.45, 2.75) is 254 Å². The summed E-state index contributed by atoms with van der Waals surface area (Å²) in [4.78, 5) is 174. The number of fused-ring (bicyclic) bond motifs is 10. The first-order valence-electron chi connectivity index (χ1n) is 44.2. The number of carbonyl (C=O) groups is 12. The Hall–Kier alpha value is -11.9. The fourth-order valence-corrected chi connectivity index (χ4v) is 22.1. The standard InChI is InChI=1S/C100H112N2O30/c1-53-65(125-91(117)77(109)75(59-33-19-13-20-34-59)101-87(113)61-37-23-15-24-38-61)49-99(119)85(129-89(115)63-41-27-17-28-42-63)81-95(11,83(111)79(123-55(3)103)73(53)93(99,7)8)67(47-69-97(81,51-121-69)131-57(5)105)127-71(107)45-31-32-46-72(108)128-68-48-70-98(52-122-70,132-58(6)106)82-86(130-90(116)64-43-29-18-30-44-64)100(120)50-66(54(2)74(94(100,9)10)80(124-56(4)104)84(112)96(68,82)12)126-92(118)78(110)76(60-35-21-14-22-36-60)102-88(114)62-39-25-16-26-40-62/h13-30,33-44,65-70,75-86,109-112,119-120H,31-32,45-52H2,1-12H3,(H,101,113)(H,102,114)/t65-,66-,67-,68-,69?,70?,75-,76-,77+,78+,79+,80+,81-,82-,83-,84-,85-,86-,95+,96+,97-,98-,99+,100+/m0/s1. The van der Waals surface area contributed by atoms with E-state index in [1.54, 1.807) is 133 Å². The van der Waals surface area contributed by atoms with Gasteiger partial charge >= 0.3 is 59.7 Å². The van der Waals surface area contributed by atoms with Gasteiger partial charge in [-0.1, -0.05) is 175 Å². The Bertz CT molecular complexity index is 5110. The van der Waals surface area contributed by atoms with E-state index in [9.17, 15) is 69.0 Å². The maximum atomic E-state index is 15.2. The molecule has 2 saturated heterocycles. The number of nitrogens with one attached hydrogen (secondary N) is 2. The molecule has 32 nitrogen and oxygen atoms in total. The third-order valence-electron chi connectivity index (χ3n) is 28.9. The number of rotatable bonds is 27. The molecular weight excluding hydrogens is 1710 g/mol. The lowest BCUT2D eigenvalue weighted by Gasteiger charge is -2.69. The van der Waals surface area contributed by atoms with Gasteiger partial charge in [-0.2, -0.15) is 0 Å². The van der Waals surface area contributed by atoms with E-state index < -0.39 is 264 Å². The number of esters is 10. The SMILES string of the molecule is CC(=O)O[C@@H]1C2=C(C)[C@@H](OC(=O)[C@H](O)[C@@H](NC(=O)c3ccccc3)c3ccccc3)C[C@@](O)([C@@H](OC(=O)c3ccccc3)[C@H]3[C@@](C)([C@@H](OC(=O)CCCCC(=O)O[C@H]4CC5OC[C@@]5(OC(C)=O)[C@H]5[C@H](OC(=O)c6ccccc6)[C@]6(O)C[C@H](OC(=O)[C@H](O)[C@@H](NC(=O)c7ccccc7)c7ccccc7)C(C)=C([C@@H](OC(C)=O)[C@H](O)[C@]45C)C6(C)C)CC4OC[C@]43OC(C)=O)[C@H]1O)C2(C)C. The minimum atomic E-state index is -2.62. The Morgan fingerprint density at radius 2 is 0.712 bits per heavy atom. The lowest BCUT2D eigenvalue weighted by molar-refractivity contribution is -0.365. The van der Waals surface area contributed by atoms with Gasteiger partial charge in [0.2, 0.25) is 0 Å². The molecule has 2 heterocycles. The van der Waals surface area contributed by atoms with Gasteiger partial charge in [-0.05, 0) is 109 Å². The summed E-state index contributed by atoms with van der Waals surface area (Å²) in [7, 11) is 0. The summed E-state index contributed by atoms with van der Waals surface area (Å²) in [6.45, 7) is 15.3. The van der Waals surface area contributed by atoms with Crippen molar-refractivity contribution in [3.8, 4) is 0 Å². The Balaban J connectivity index is 0.780. The van der Waals surface area contributed by atoms with E-state index in [1.807, 2.05) is 0 Å². The van der Waals surface area contributed by atoms with Crippen LogP contribution < -0.4 is 10.6 Å². The molecule has 132 heavy (non-hydrogen) atoms. The summed E-state index contributed by atoms with van der Waals surface area (Å²) in [6, 6.07) is 44.4. The van der Waals surface area contributed by atoms with Crippen LogP contribution in [0, 0.1) is 33.5 Å². The van der Waals surface area contributed by atoms with Crippen LogP contribution in [0.25, 0.3) is 0 Å². The Morgan fingerprint density at radius 3 is 1.00 bits per heavy atom. The quantitative estimate of drug-likeness (QED) is 0.0103. The second-order valence-corrected chi connectivity index (χ2v) is 37.2. The molecule has 6 aliphatic carbocycles. The highest BCUT2D eigenvalue weighted by atomic mass is 16.7. The van der Waals surface area contributed by atoms with Gasteiger partial charge in [0, 0.05) is 99.0 Å². The van der Waals surface area contributed by atoms with Crippen LogP contribution in [0.1, 0.15) is 199 Å². The summed E-state index contributed by atoms with van der Waals surface area (Å²) in [5, 5.41) is 86.8. The molecule has 24 atom stereocenters.